The van der Waals surface area contributed by atoms with Gasteiger partial charge in [0.15, 0.2) is 0 Å². The molecule has 1 aliphatic heterocycles. The van der Waals surface area contributed by atoms with Crippen LogP contribution in [0.5, 0.6) is 0 Å². The van der Waals surface area contributed by atoms with Gasteiger partial charge in [-0.05, 0) is 25.6 Å². The van der Waals surface area contributed by atoms with E-state index in [-0.39, 0.29) is 0 Å². The van der Waals surface area contributed by atoms with Crippen molar-refractivity contribution in [2.24, 2.45) is 4.99 Å². The summed E-state index contributed by atoms with van der Waals surface area (Å²) in [6.45, 7) is 8.36. The van der Waals surface area contributed by atoms with Gasteiger partial charge in [0.25, 0.3) is 0 Å². The maximum Gasteiger partial charge on any atom is 0.0277 e. The van der Waals surface area contributed by atoms with Crippen LogP contribution in [0.25, 0.3) is 0 Å². The molecule has 0 aromatic heterocycles. The predicted octanol–water partition coefficient (Wildman–Crippen LogP) is 2.53. The molecule has 0 radical (unpaired) electrons. The summed E-state index contributed by atoms with van der Waals surface area (Å²) in [5, 5.41) is 0. The summed E-state index contributed by atoms with van der Waals surface area (Å²) in [5.41, 5.74) is 2.90. The van der Waals surface area contributed by atoms with Crippen LogP contribution < -0.4 is 0 Å². The maximum atomic E-state index is 3.89. The summed E-state index contributed by atoms with van der Waals surface area (Å²) < 4.78 is 0. The Labute approximate surface area is 88.0 Å². The predicted molar refractivity (Wildman–Crippen MR) is 65.1 cm³/mol. The molecule has 0 bridgehead atoms. The second-order valence-electron chi connectivity index (χ2n) is 3.24. The minimum atomic E-state index is 1.07. The molecule has 0 fully saturated rings. The minimum Gasteiger partial charge on any atom is -0.298 e. The Hall–Kier alpha value is -0.890. The zero-order valence-electron chi connectivity index (χ0n) is 10.0. The van der Waals surface area contributed by atoms with E-state index in [2.05, 4.69) is 29.9 Å². The Morgan fingerprint density at radius 2 is 1.93 bits per heavy atom. The van der Waals surface area contributed by atoms with E-state index in [1.807, 2.05) is 26.1 Å². The number of allylic oxidation sites excluding steroid dienone is 1. The first-order chi connectivity index (χ1) is 6.74. The van der Waals surface area contributed by atoms with Crippen LogP contribution in [-0.2, 0) is 0 Å². The molecule has 0 unspecified atom stereocenters. The quantitative estimate of drug-likeness (QED) is 0.617. The molecule has 0 saturated carbocycles. The highest BCUT2D eigenvalue weighted by Gasteiger charge is 2.12. The van der Waals surface area contributed by atoms with Gasteiger partial charge in [-0.2, -0.15) is 0 Å². The number of hydrogen-bond donors (Lipinski definition) is 0. The molecule has 2 heteroatoms. The maximum absolute atomic E-state index is 3.89. The number of likely N-dealkylation sites (N-methyl/N-ethyl adjacent to an activating group) is 1. The van der Waals surface area contributed by atoms with Crippen LogP contribution in [0.15, 0.2) is 28.3 Å². The molecule has 0 aromatic rings. The normalized spacial score (nSPS) is 18.1. The van der Waals surface area contributed by atoms with Gasteiger partial charge >= 0.3 is 0 Å². The highest BCUT2D eigenvalue weighted by molar-refractivity contribution is 5.71. The number of aliphatic imine (C=N–C) groups is 1. The summed E-state index contributed by atoms with van der Waals surface area (Å²) >= 11 is 0. The van der Waals surface area contributed by atoms with Crippen molar-refractivity contribution in [1.29, 1.82) is 0 Å². The molecule has 2 nitrogen and oxygen atoms in total. The van der Waals surface area contributed by atoms with E-state index in [0.29, 0.717) is 0 Å². The molecule has 1 heterocycles. The molecule has 0 spiro atoms. The summed E-state index contributed by atoms with van der Waals surface area (Å²) in [7, 11) is 3.92. The van der Waals surface area contributed by atoms with Crippen LogP contribution in [0.4, 0.5) is 0 Å². The van der Waals surface area contributed by atoms with E-state index in [0.717, 1.165) is 13.1 Å². The molecule has 0 N–H and O–H groups in total. The van der Waals surface area contributed by atoms with Crippen molar-refractivity contribution in [2.75, 3.05) is 27.2 Å². The van der Waals surface area contributed by atoms with Gasteiger partial charge < -0.3 is 0 Å². The molecular formula is C12H22N2. The third-order valence-corrected chi connectivity index (χ3v) is 2.03. The van der Waals surface area contributed by atoms with Gasteiger partial charge in [0, 0.05) is 26.4 Å². The fourth-order valence-corrected chi connectivity index (χ4v) is 1.43. The van der Waals surface area contributed by atoms with Crippen molar-refractivity contribution in [1.82, 2.24) is 4.90 Å². The smallest absolute Gasteiger partial charge is 0.0277 e. The van der Waals surface area contributed by atoms with E-state index in [1.54, 1.807) is 7.05 Å². The molecule has 0 aliphatic carbocycles. The van der Waals surface area contributed by atoms with Gasteiger partial charge in [-0.3, -0.25) is 9.89 Å². The van der Waals surface area contributed by atoms with Gasteiger partial charge in [-0.15, -0.1) is 0 Å². The van der Waals surface area contributed by atoms with Crippen molar-refractivity contribution in [3.63, 3.8) is 0 Å². The lowest BCUT2D eigenvalue weighted by atomic mass is 10.2. The van der Waals surface area contributed by atoms with Crippen molar-refractivity contribution >= 4 is 6.21 Å². The Balaban J connectivity index is 0.000000791. The molecule has 80 valence electrons. The fourth-order valence-electron chi connectivity index (χ4n) is 1.43. The van der Waals surface area contributed by atoms with Crippen LogP contribution in [0.1, 0.15) is 20.8 Å². The lowest BCUT2D eigenvalue weighted by molar-refractivity contribution is 0.426. The third-order valence-electron chi connectivity index (χ3n) is 2.03. The molecular weight excluding hydrogens is 172 g/mol. The van der Waals surface area contributed by atoms with E-state index in [9.17, 15) is 0 Å². The van der Waals surface area contributed by atoms with Crippen LogP contribution >= 0.6 is 0 Å². The van der Waals surface area contributed by atoms with E-state index >= 15 is 0 Å². The average Bonchev–Trinajstić information content (AvgIpc) is 2.49. The van der Waals surface area contributed by atoms with Crippen LogP contribution in [0.3, 0.4) is 0 Å². The van der Waals surface area contributed by atoms with Gasteiger partial charge in [-0.1, -0.05) is 25.5 Å². The monoisotopic (exact) mass is 194 g/mol. The topological polar surface area (TPSA) is 15.6 Å². The fraction of sp³-hybridized carbons (Fsp3) is 0.583. The molecule has 0 saturated heterocycles. The molecule has 0 atom stereocenters. The second kappa shape index (κ2) is 7.51. The molecule has 1 rings (SSSR count). The average molecular weight is 194 g/mol. The second-order valence-corrected chi connectivity index (χ2v) is 3.24. The van der Waals surface area contributed by atoms with E-state index < -0.39 is 0 Å². The summed E-state index contributed by atoms with van der Waals surface area (Å²) in [6, 6.07) is 0. The number of nitrogens with zero attached hydrogens (tertiary/aromatic N) is 2. The third kappa shape index (κ3) is 4.38. The van der Waals surface area contributed by atoms with Gasteiger partial charge in [0.2, 0.25) is 0 Å². The van der Waals surface area contributed by atoms with Crippen LogP contribution in [0, 0.1) is 0 Å². The first-order valence-corrected chi connectivity index (χ1v) is 5.20. The van der Waals surface area contributed by atoms with Gasteiger partial charge in [0.1, 0.15) is 0 Å². The lowest BCUT2D eigenvalue weighted by Gasteiger charge is -2.04. The van der Waals surface area contributed by atoms with Crippen molar-refractivity contribution in [3.8, 4) is 0 Å². The SMILES string of the molecule is CC.CN=C/C=C\C1=C(C)CN(C)C1. The van der Waals surface area contributed by atoms with Crippen molar-refractivity contribution < 1.29 is 0 Å². The summed E-state index contributed by atoms with van der Waals surface area (Å²) in [5.74, 6) is 0. The minimum absolute atomic E-state index is 1.07. The van der Waals surface area contributed by atoms with Gasteiger partial charge in [0.05, 0.1) is 0 Å². The Morgan fingerprint density at radius 1 is 1.29 bits per heavy atom. The molecule has 1 aliphatic rings. The van der Waals surface area contributed by atoms with Crippen molar-refractivity contribution in [2.45, 2.75) is 20.8 Å². The van der Waals surface area contributed by atoms with E-state index in [1.165, 1.54) is 11.1 Å². The first kappa shape index (κ1) is 13.1. The molecule has 14 heavy (non-hydrogen) atoms. The molecule has 0 aromatic carbocycles. The van der Waals surface area contributed by atoms with Crippen molar-refractivity contribution in [3.05, 3.63) is 23.3 Å². The Morgan fingerprint density at radius 3 is 2.36 bits per heavy atom. The largest absolute Gasteiger partial charge is 0.298 e. The number of hydrogen-bond acceptors (Lipinski definition) is 2. The highest BCUT2D eigenvalue weighted by atomic mass is 15.1. The standard InChI is InChI=1S/C10H16N2.C2H6/c1-9-7-12(3)8-10(9)5-4-6-11-2;1-2/h4-6H,7-8H2,1-3H3;1-2H3/b5-4-,11-6?;. The first-order valence-electron chi connectivity index (χ1n) is 5.20. The lowest BCUT2D eigenvalue weighted by Crippen LogP contribution is -2.14. The zero-order valence-corrected chi connectivity index (χ0v) is 10.0. The van der Waals surface area contributed by atoms with Gasteiger partial charge in [-0.25, -0.2) is 0 Å². The van der Waals surface area contributed by atoms with Crippen LogP contribution in [0.2, 0.25) is 0 Å². The van der Waals surface area contributed by atoms with E-state index in [4.69, 9.17) is 0 Å². The zero-order chi connectivity index (χ0) is 11.0. The molecule has 0 amide bonds. The number of rotatable bonds is 2. The Kier molecular flexibility index (Phi) is 7.03. The summed E-state index contributed by atoms with van der Waals surface area (Å²) in [4.78, 5) is 6.20. The highest BCUT2D eigenvalue weighted by Crippen LogP contribution is 2.15. The summed E-state index contributed by atoms with van der Waals surface area (Å²) in [6.07, 6.45) is 5.96. The van der Waals surface area contributed by atoms with Crippen LogP contribution in [-0.4, -0.2) is 38.3 Å². The Bertz CT molecular complexity index is 237.